The number of methoxy groups -OCH3 is 1. The molecule has 2 aliphatic heterocycles. The number of ether oxygens (including phenoxy) is 2. The number of rotatable bonds is 6. The Morgan fingerprint density at radius 1 is 1.40 bits per heavy atom. The fraction of sp³-hybridized carbons (Fsp3) is 0.471. The van der Waals surface area contributed by atoms with Crippen LogP contribution in [0.15, 0.2) is 18.2 Å². The van der Waals surface area contributed by atoms with Crippen LogP contribution in [-0.4, -0.2) is 57.2 Å². The first-order chi connectivity index (χ1) is 12.1. The minimum atomic E-state index is -0.609. The Kier molecular flexibility index (Phi) is 5.18. The maximum absolute atomic E-state index is 12.1. The van der Waals surface area contributed by atoms with Crippen molar-refractivity contribution >= 4 is 29.2 Å². The second kappa shape index (κ2) is 7.52. The molecule has 0 saturated carbocycles. The van der Waals surface area contributed by atoms with Crippen LogP contribution in [0.25, 0.3) is 0 Å². The molecule has 0 aromatic heterocycles. The number of hydrogen-bond donors (Lipinski definition) is 2. The van der Waals surface area contributed by atoms with Crippen LogP contribution in [0.1, 0.15) is 23.2 Å². The van der Waals surface area contributed by atoms with Gasteiger partial charge in [0.05, 0.1) is 23.5 Å². The van der Waals surface area contributed by atoms with Crippen molar-refractivity contribution in [3.05, 3.63) is 23.8 Å². The molecule has 25 heavy (non-hydrogen) atoms. The van der Waals surface area contributed by atoms with Gasteiger partial charge in [-0.1, -0.05) is 0 Å². The lowest BCUT2D eigenvalue weighted by molar-refractivity contribution is -0.124. The van der Waals surface area contributed by atoms with E-state index < -0.39 is 11.9 Å². The highest BCUT2D eigenvalue weighted by atomic mass is 16.5. The number of carbonyl (C=O) groups excluding carboxylic acids is 3. The molecule has 2 aliphatic rings. The third-order valence-electron chi connectivity index (χ3n) is 4.32. The highest BCUT2D eigenvalue weighted by Crippen LogP contribution is 2.37. The largest absolute Gasteiger partial charge is 0.452 e. The van der Waals surface area contributed by atoms with Crippen molar-refractivity contribution in [3.8, 4) is 0 Å². The number of nitrogens with one attached hydrogen (secondary N) is 2. The second-order valence-electron chi connectivity index (χ2n) is 5.99. The molecule has 0 radical (unpaired) electrons. The zero-order valence-corrected chi connectivity index (χ0v) is 14.0. The van der Waals surface area contributed by atoms with Crippen molar-refractivity contribution in [3.63, 3.8) is 0 Å². The van der Waals surface area contributed by atoms with E-state index in [4.69, 9.17) is 9.47 Å². The molecule has 8 heteroatoms. The molecule has 1 aromatic rings. The smallest absolute Gasteiger partial charge is 0.338 e. The van der Waals surface area contributed by atoms with Gasteiger partial charge in [0, 0.05) is 20.2 Å². The van der Waals surface area contributed by atoms with Crippen molar-refractivity contribution in [1.82, 2.24) is 5.32 Å². The molecule has 3 rings (SSSR count). The number of benzene rings is 1. The van der Waals surface area contributed by atoms with Gasteiger partial charge in [-0.25, -0.2) is 4.79 Å². The van der Waals surface area contributed by atoms with Gasteiger partial charge in [0.25, 0.3) is 5.91 Å². The minimum absolute atomic E-state index is 0.0481. The second-order valence-corrected chi connectivity index (χ2v) is 5.99. The Balaban J connectivity index is 1.62. The lowest BCUT2D eigenvalue weighted by atomic mass is 10.1. The van der Waals surface area contributed by atoms with E-state index in [1.54, 1.807) is 12.1 Å². The van der Waals surface area contributed by atoms with Crippen LogP contribution in [0.4, 0.5) is 11.4 Å². The number of esters is 1. The van der Waals surface area contributed by atoms with Crippen LogP contribution in [0.5, 0.6) is 0 Å². The van der Waals surface area contributed by atoms with Gasteiger partial charge in [0.2, 0.25) is 5.91 Å². The third-order valence-corrected chi connectivity index (χ3v) is 4.32. The van der Waals surface area contributed by atoms with Gasteiger partial charge >= 0.3 is 5.97 Å². The molecule has 0 unspecified atom stereocenters. The Morgan fingerprint density at radius 3 is 3.04 bits per heavy atom. The summed E-state index contributed by atoms with van der Waals surface area (Å²) >= 11 is 0. The van der Waals surface area contributed by atoms with E-state index in [1.807, 2.05) is 6.07 Å². The van der Waals surface area contributed by atoms with E-state index in [-0.39, 0.29) is 18.6 Å². The predicted octanol–water partition coefficient (Wildman–Crippen LogP) is 0.527. The van der Waals surface area contributed by atoms with Gasteiger partial charge in [0.1, 0.15) is 6.04 Å². The van der Waals surface area contributed by atoms with Crippen molar-refractivity contribution in [2.75, 3.05) is 43.6 Å². The topological polar surface area (TPSA) is 97.0 Å². The van der Waals surface area contributed by atoms with E-state index in [2.05, 4.69) is 15.5 Å². The Hall–Kier alpha value is -2.61. The summed E-state index contributed by atoms with van der Waals surface area (Å²) in [6.45, 7) is 1.22. The van der Waals surface area contributed by atoms with E-state index in [1.165, 1.54) is 7.11 Å². The quantitative estimate of drug-likeness (QED) is 0.575. The maximum atomic E-state index is 12.1. The van der Waals surface area contributed by atoms with Gasteiger partial charge < -0.3 is 25.0 Å². The Bertz CT molecular complexity index is 691. The average molecular weight is 347 g/mol. The Morgan fingerprint density at radius 2 is 2.24 bits per heavy atom. The van der Waals surface area contributed by atoms with Gasteiger partial charge in [-0.2, -0.15) is 0 Å². The van der Waals surface area contributed by atoms with Crippen molar-refractivity contribution in [2.45, 2.75) is 18.9 Å². The number of carbonyl (C=O) groups is 3. The minimum Gasteiger partial charge on any atom is -0.452 e. The lowest BCUT2D eigenvalue weighted by Crippen LogP contribution is -2.43. The van der Waals surface area contributed by atoms with Crippen LogP contribution in [0, 0.1) is 0 Å². The van der Waals surface area contributed by atoms with Gasteiger partial charge in [-0.05, 0) is 31.0 Å². The van der Waals surface area contributed by atoms with Crippen LogP contribution < -0.4 is 15.5 Å². The predicted molar refractivity (Wildman–Crippen MR) is 90.6 cm³/mol. The molecule has 2 amide bonds. The summed E-state index contributed by atoms with van der Waals surface area (Å²) in [4.78, 5) is 37.9. The monoisotopic (exact) mass is 347 g/mol. The molecule has 134 valence electrons. The van der Waals surface area contributed by atoms with E-state index in [0.29, 0.717) is 24.4 Å². The summed E-state index contributed by atoms with van der Waals surface area (Å²) in [6.07, 6.45) is 1.81. The molecule has 1 aromatic carbocycles. The number of fused-ring (bicyclic) bond motifs is 3. The molecule has 1 saturated heterocycles. The summed E-state index contributed by atoms with van der Waals surface area (Å²) in [7, 11) is 1.53. The Labute approximate surface area is 145 Å². The average Bonchev–Trinajstić information content (AvgIpc) is 3.10. The lowest BCUT2D eigenvalue weighted by Gasteiger charge is -2.33. The number of nitrogens with zero attached hydrogens (tertiary/aromatic N) is 1. The SMILES string of the molecule is COCCNC(=O)COC(=O)c1ccc2c(c1)NC(=O)[C@H]1CCCN21. The first-order valence-corrected chi connectivity index (χ1v) is 8.24. The molecule has 2 heterocycles. The van der Waals surface area contributed by atoms with E-state index in [0.717, 1.165) is 25.1 Å². The van der Waals surface area contributed by atoms with E-state index >= 15 is 0 Å². The first-order valence-electron chi connectivity index (χ1n) is 8.24. The zero-order chi connectivity index (χ0) is 17.8. The number of anilines is 2. The zero-order valence-electron chi connectivity index (χ0n) is 14.0. The van der Waals surface area contributed by atoms with Crippen LogP contribution in [0.2, 0.25) is 0 Å². The van der Waals surface area contributed by atoms with Crippen LogP contribution in [0.3, 0.4) is 0 Å². The van der Waals surface area contributed by atoms with Crippen molar-refractivity contribution in [2.24, 2.45) is 0 Å². The normalized spacial score (nSPS) is 18.2. The van der Waals surface area contributed by atoms with Crippen molar-refractivity contribution < 1.29 is 23.9 Å². The van der Waals surface area contributed by atoms with Gasteiger partial charge in [-0.3, -0.25) is 9.59 Å². The molecule has 0 spiro atoms. The molecular formula is C17H21N3O5. The summed E-state index contributed by atoms with van der Waals surface area (Å²) in [5.41, 5.74) is 1.81. The highest BCUT2D eigenvalue weighted by molar-refractivity contribution is 6.05. The molecule has 1 fully saturated rings. The maximum Gasteiger partial charge on any atom is 0.338 e. The molecule has 0 aliphatic carbocycles. The molecule has 2 N–H and O–H groups in total. The first kappa shape index (κ1) is 17.2. The molecule has 0 bridgehead atoms. The van der Waals surface area contributed by atoms with Crippen LogP contribution >= 0.6 is 0 Å². The van der Waals surface area contributed by atoms with Gasteiger partial charge in [0.15, 0.2) is 6.61 Å². The summed E-state index contributed by atoms with van der Waals surface area (Å²) in [6, 6.07) is 4.92. The number of amides is 2. The molecule has 1 atom stereocenters. The summed E-state index contributed by atoms with van der Waals surface area (Å²) in [5.74, 6) is -1.05. The van der Waals surface area contributed by atoms with Gasteiger partial charge in [-0.15, -0.1) is 0 Å². The highest BCUT2D eigenvalue weighted by Gasteiger charge is 2.36. The summed E-state index contributed by atoms with van der Waals surface area (Å²) < 4.78 is 9.82. The molecular weight excluding hydrogens is 326 g/mol. The fourth-order valence-electron chi connectivity index (χ4n) is 3.12. The third kappa shape index (κ3) is 3.74. The number of hydrogen-bond acceptors (Lipinski definition) is 6. The fourth-order valence-corrected chi connectivity index (χ4v) is 3.12. The standard InChI is InChI=1S/C17H21N3O5/c1-24-8-6-18-15(21)10-25-17(23)11-4-5-13-12(9-11)19-16(22)14-3-2-7-20(13)14/h4-5,9,14H,2-3,6-8,10H2,1H3,(H,18,21)(H,19,22)/t14-/m1/s1. The molecule has 8 nitrogen and oxygen atoms in total. The van der Waals surface area contributed by atoms with Crippen molar-refractivity contribution in [1.29, 1.82) is 0 Å². The van der Waals surface area contributed by atoms with E-state index in [9.17, 15) is 14.4 Å². The van der Waals surface area contributed by atoms with Crippen LogP contribution in [-0.2, 0) is 19.1 Å². The summed E-state index contributed by atoms with van der Waals surface area (Å²) in [5, 5.41) is 5.41.